The zero-order valence-corrected chi connectivity index (χ0v) is 9.29. The SMILES string of the molecule is CC(C)OCC(=O)Nc1cc(F)ccc1N. The van der Waals surface area contributed by atoms with Gasteiger partial charge in [-0.1, -0.05) is 0 Å². The first-order valence-electron chi connectivity index (χ1n) is 4.95. The fraction of sp³-hybridized carbons (Fsp3) is 0.364. The number of hydrogen-bond acceptors (Lipinski definition) is 3. The Morgan fingerprint density at radius 3 is 2.88 bits per heavy atom. The van der Waals surface area contributed by atoms with Crippen molar-refractivity contribution in [1.82, 2.24) is 0 Å². The Morgan fingerprint density at radius 2 is 2.25 bits per heavy atom. The van der Waals surface area contributed by atoms with E-state index in [-0.39, 0.29) is 24.3 Å². The van der Waals surface area contributed by atoms with Crippen molar-refractivity contribution in [3.8, 4) is 0 Å². The Labute approximate surface area is 93.6 Å². The van der Waals surface area contributed by atoms with E-state index < -0.39 is 5.82 Å². The van der Waals surface area contributed by atoms with Gasteiger partial charge in [-0.2, -0.15) is 0 Å². The topological polar surface area (TPSA) is 64.3 Å². The van der Waals surface area contributed by atoms with E-state index >= 15 is 0 Å². The van der Waals surface area contributed by atoms with Crippen molar-refractivity contribution >= 4 is 17.3 Å². The third-order valence-corrected chi connectivity index (χ3v) is 1.84. The molecule has 3 N–H and O–H groups in total. The van der Waals surface area contributed by atoms with Crippen LogP contribution >= 0.6 is 0 Å². The monoisotopic (exact) mass is 226 g/mol. The van der Waals surface area contributed by atoms with Crippen LogP contribution in [0.1, 0.15) is 13.8 Å². The van der Waals surface area contributed by atoms with E-state index in [0.717, 1.165) is 0 Å². The smallest absolute Gasteiger partial charge is 0.250 e. The molecule has 0 atom stereocenters. The van der Waals surface area contributed by atoms with Gasteiger partial charge in [-0.15, -0.1) is 0 Å². The number of ether oxygens (including phenoxy) is 1. The van der Waals surface area contributed by atoms with E-state index in [2.05, 4.69) is 5.32 Å². The summed E-state index contributed by atoms with van der Waals surface area (Å²) in [6, 6.07) is 3.80. The molecule has 5 heteroatoms. The molecule has 16 heavy (non-hydrogen) atoms. The minimum atomic E-state index is -0.450. The van der Waals surface area contributed by atoms with Crippen molar-refractivity contribution in [1.29, 1.82) is 0 Å². The molecule has 0 saturated carbocycles. The Kier molecular flexibility index (Phi) is 4.25. The van der Waals surface area contributed by atoms with E-state index in [9.17, 15) is 9.18 Å². The Bertz CT molecular complexity index is 380. The number of carbonyl (C=O) groups excluding carboxylic acids is 1. The molecule has 88 valence electrons. The van der Waals surface area contributed by atoms with Crippen LogP contribution in [0.2, 0.25) is 0 Å². The summed E-state index contributed by atoms with van der Waals surface area (Å²) in [5.41, 5.74) is 6.15. The lowest BCUT2D eigenvalue weighted by molar-refractivity contribution is -0.121. The largest absolute Gasteiger partial charge is 0.397 e. The standard InChI is InChI=1S/C11H15FN2O2/c1-7(2)16-6-11(15)14-10-5-8(12)3-4-9(10)13/h3-5,7H,6,13H2,1-2H3,(H,14,15). The minimum Gasteiger partial charge on any atom is -0.397 e. The highest BCUT2D eigenvalue weighted by Crippen LogP contribution is 2.18. The van der Waals surface area contributed by atoms with Crippen LogP contribution in [0.5, 0.6) is 0 Å². The Morgan fingerprint density at radius 1 is 1.56 bits per heavy atom. The third-order valence-electron chi connectivity index (χ3n) is 1.84. The predicted octanol–water partition coefficient (Wildman–Crippen LogP) is 1.77. The molecular weight excluding hydrogens is 211 g/mol. The first-order valence-corrected chi connectivity index (χ1v) is 4.95. The van der Waals surface area contributed by atoms with Crippen LogP contribution in [0, 0.1) is 5.82 Å². The molecule has 0 unspecified atom stereocenters. The molecule has 4 nitrogen and oxygen atoms in total. The second-order valence-corrected chi connectivity index (χ2v) is 3.64. The number of nitrogens with one attached hydrogen (secondary N) is 1. The summed E-state index contributed by atoms with van der Waals surface area (Å²) in [5.74, 6) is -0.805. The van der Waals surface area contributed by atoms with Crippen molar-refractivity contribution in [2.75, 3.05) is 17.7 Å². The summed E-state index contributed by atoms with van der Waals surface area (Å²) in [7, 11) is 0. The molecule has 1 aromatic rings. The second kappa shape index (κ2) is 5.46. The maximum atomic E-state index is 12.9. The van der Waals surface area contributed by atoms with Gasteiger partial charge in [0.1, 0.15) is 12.4 Å². The lowest BCUT2D eigenvalue weighted by Crippen LogP contribution is -2.21. The number of anilines is 2. The summed E-state index contributed by atoms with van der Waals surface area (Å²) in [5, 5.41) is 2.48. The maximum Gasteiger partial charge on any atom is 0.250 e. The predicted molar refractivity (Wildman–Crippen MR) is 60.5 cm³/mol. The summed E-state index contributed by atoms with van der Waals surface area (Å²) in [6.45, 7) is 3.57. The number of rotatable bonds is 4. The molecule has 0 aliphatic carbocycles. The van der Waals surface area contributed by atoms with E-state index in [1.54, 1.807) is 0 Å². The third kappa shape index (κ3) is 3.86. The molecule has 0 spiro atoms. The van der Waals surface area contributed by atoms with Crippen molar-refractivity contribution in [2.45, 2.75) is 20.0 Å². The highest BCUT2D eigenvalue weighted by Gasteiger charge is 2.07. The molecule has 0 fully saturated rings. The molecule has 0 aromatic heterocycles. The molecule has 1 rings (SSSR count). The fourth-order valence-electron chi connectivity index (χ4n) is 1.07. The zero-order valence-electron chi connectivity index (χ0n) is 9.29. The average molecular weight is 226 g/mol. The van der Waals surface area contributed by atoms with Gasteiger partial charge in [-0.05, 0) is 32.0 Å². The number of hydrogen-bond donors (Lipinski definition) is 2. The number of nitrogen functional groups attached to an aromatic ring is 1. The summed E-state index contributed by atoms with van der Waals surface area (Å²) < 4.78 is 18.0. The molecule has 0 aliphatic rings. The number of amides is 1. The van der Waals surface area contributed by atoms with Gasteiger partial charge in [-0.25, -0.2) is 4.39 Å². The van der Waals surface area contributed by atoms with Crippen LogP contribution in [0.3, 0.4) is 0 Å². The van der Waals surface area contributed by atoms with Gasteiger partial charge in [0.15, 0.2) is 0 Å². The maximum absolute atomic E-state index is 12.9. The molecule has 0 aliphatic heterocycles. The molecule has 0 radical (unpaired) electrons. The molecule has 1 aromatic carbocycles. The quantitative estimate of drug-likeness (QED) is 0.769. The highest BCUT2D eigenvalue weighted by molar-refractivity contribution is 5.94. The van der Waals surface area contributed by atoms with Crippen LogP contribution < -0.4 is 11.1 Å². The second-order valence-electron chi connectivity index (χ2n) is 3.64. The number of carbonyl (C=O) groups is 1. The van der Waals surface area contributed by atoms with Crippen molar-refractivity contribution in [3.63, 3.8) is 0 Å². The van der Waals surface area contributed by atoms with Gasteiger partial charge in [-0.3, -0.25) is 4.79 Å². The Balaban J connectivity index is 2.59. The first-order chi connectivity index (χ1) is 7.49. The van der Waals surface area contributed by atoms with Crippen LogP contribution in [0.4, 0.5) is 15.8 Å². The van der Waals surface area contributed by atoms with Crippen LogP contribution in [-0.4, -0.2) is 18.6 Å². The Hall–Kier alpha value is -1.62. The first kappa shape index (κ1) is 12.4. The highest BCUT2D eigenvalue weighted by atomic mass is 19.1. The average Bonchev–Trinajstić information content (AvgIpc) is 2.20. The molecule has 0 saturated heterocycles. The minimum absolute atomic E-state index is 0.0318. The van der Waals surface area contributed by atoms with Crippen LogP contribution in [-0.2, 0) is 9.53 Å². The summed E-state index contributed by atoms with van der Waals surface area (Å²) in [6.07, 6.45) is -0.0318. The summed E-state index contributed by atoms with van der Waals surface area (Å²) in [4.78, 5) is 11.4. The van der Waals surface area contributed by atoms with Gasteiger partial charge in [0, 0.05) is 0 Å². The fourth-order valence-corrected chi connectivity index (χ4v) is 1.07. The van der Waals surface area contributed by atoms with E-state index in [1.165, 1.54) is 18.2 Å². The van der Waals surface area contributed by atoms with E-state index in [1.807, 2.05) is 13.8 Å². The van der Waals surface area contributed by atoms with Crippen molar-refractivity contribution in [3.05, 3.63) is 24.0 Å². The molecule has 0 bridgehead atoms. The van der Waals surface area contributed by atoms with Crippen molar-refractivity contribution < 1.29 is 13.9 Å². The van der Waals surface area contributed by atoms with E-state index in [0.29, 0.717) is 5.69 Å². The zero-order chi connectivity index (χ0) is 12.1. The number of benzene rings is 1. The lowest BCUT2D eigenvalue weighted by atomic mass is 10.2. The van der Waals surface area contributed by atoms with Gasteiger partial charge in [0.05, 0.1) is 17.5 Å². The van der Waals surface area contributed by atoms with Crippen LogP contribution in [0.15, 0.2) is 18.2 Å². The normalized spacial score (nSPS) is 10.5. The number of nitrogens with two attached hydrogens (primary N) is 1. The van der Waals surface area contributed by atoms with Gasteiger partial charge in [0.25, 0.3) is 0 Å². The molecular formula is C11H15FN2O2. The van der Waals surface area contributed by atoms with Gasteiger partial charge < -0.3 is 15.8 Å². The number of halogens is 1. The van der Waals surface area contributed by atoms with E-state index in [4.69, 9.17) is 10.5 Å². The van der Waals surface area contributed by atoms with Gasteiger partial charge in [0.2, 0.25) is 5.91 Å². The van der Waals surface area contributed by atoms with Gasteiger partial charge >= 0.3 is 0 Å². The lowest BCUT2D eigenvalue weighted by Gasteiger charge is -2.10. The van der Waals surface area contributed by atoms with Crippen LogP contribution in [0.25, 0.3) is 0 Å². The van der Waals surface area contributed by atoms with Crippen molar-refractivity contribution in [2.24, 2.45) is 0 Å². The summed E-state index contributed by atoms with van der Waals surface area (Å²) >= 11 is 0. The molecule has 1 amide bonds. The molecule has 0 heterocycles.